The fourth-order valence-corrected chi connectivity index (χ4v) is 4.34. The maximum Gasteiger partial charge on any atom is 0.266 e. The Morgan fingerprint density at radius 2 is 1.89 bits per heavy atom. The molecule has 2 aromatic rings. The third-order valence-electron chi connectivity index (χ3n) is 4.61. The van der Waals surface area contributed by atoms with Crippen LogP contribution in [0.5, 0.6) is 0 Å². The van der Waals surface area contributed by atoms with E-state index in [4.69, 9.17) is 16.4 Å². The van der Waals surface area contributed by atoms with Gasteiger partial charge in [0, 0.05) is 12.6 Å². The lowest BCUT2D eigenvalue weighted by molar-refractivity contribution is -0.0258. The van der Waals surface area contributed by atoms with Gasteiger partial charge in [0.25, 0.3) is 15.9 Å². The summed E-state index contributed by atoms with van der Waals surface area (Å²) in [5, 5.41) is 3.06. The number of nitrogens with zero attached hydrogens (tertiary/aromatic N) is 1. The maximum atomic E-state index is 12.8. The van der Waals surface area contributed by atoms with Crippen molar-refractivity contribution in [3.63, 3.8) is 0 Å². The van der Waals surface area contributed by atoms with E-state index in [1.165, 1.54) is 32.4 Å². The third-order valence-corrected chi connectivity index (χ3v) is 6.77. The first kappa shape index (κ1) is 19.8. The second kappa shape index (κ2) is 7.98. The van der Waals surface area contributed by atoms with E-state index in [0.717, 1.165) is 18.4 Å². The number of hydroxylamine groups is 1. The average molecular weight is 409 g/mol. The highest BCUT2D eigenvalue weighted by Crippen LogP contribution is 2.41. The van der Waals surface area contributed by atoms with Crippen molar-refractivity contribution in [2.24, 2.45) is 5.92 Å². The van der Waals surface area contributed by atoms with Gasteiger partial charge in [0.1, 0.15) is 4.90 Å². The predicted molar refractivity (Wildman–Crippen MR) is 103 cm³/mol. The molecule has 1 aliphatic rings. The summed E-state index contributed by atoms with van der Waals surface area (Å²) in [4.78, 5) is 17.4. The lowest BCUT2D eigenvalue weighted by Gasteiger charge is -2.20. The van der Waals surface area contributed by atoms with E-state index in [1.54, 1.807) is 0 Å². The molecule has 2 aromatic carbocycles. The summed E-state index contributed by atoms with van der Waals surface area (Å²) < 4.78 is 25.7. The molecule has 0 radical (unpaired) electrons. The van der Waals surface area contributed by atoms with Gasteiger partial charge in [-0.15, -0.1) is 0 Å². The first-order chi connectivity index (χ1) is 12.8. The molecule has 0 aromatic heterocycles. The van der Waals surface area contributed by atoms with Crippen LogP contribution in [-0.2, 0) is 14.9 Å². The number of rotatable bonds is 7. The highest BCUT2D eigenvalue weighted by Gasteiger charge is 2.34. The summed E-state index contributed by atoms with van der Waals surface area (Å²) in [5.74, 6) is 0.0513. The van der Waals surface area contributed by atoms with Crippen LogP contribution in [0.15, 0.2) is 53.4 Å². The summed E-state index contributed by atoms with van der Waals surface area (Å²) in [6.45, 7) is 0. The van der Waals surface area contributed by atoms with Gasteiger partial charge in [-0.2, -0.15) is 0 Å². The van der Waals surface area contributed by atoms with Crippen LogP contribution in [0.25, 0.3) is 0 Å². The monoisotopic (exact) mass is 408 g/mol. The summed E-state index contributed by atoms with van der Waals surface area (Å²) in [5.41, 5.74) is 1.26. The Morgan fingerprint density at radius 1 is 1.22 bits per heavy atom. The first-order valence-electron chi connectivity index (χ1n) is 8.53. The molecule has 0 heterocycles. The lowest BCUT2D eigenvalue weighted by atomic mass is 10.0. The molecule has 1 N–H and O–H groups in total. The van der Waals surface area contributed by atoms with Crippen LogP contribution >= 0.6 is 11.6 Å². The van der Waals surface area contributed by atoms with Crippen molar-refractivity contribution in [1.29, 1.82) is 0 Å². The molecule has 8 heteroatoms. The number of sulfonamides is 1. The van der Waals surface area contributed by atoms with Crippen molar-refractivity contribution in [2.75, 3.05) is 14.2 Å². The molecule has 1 amide bonds. The molecule has 0 spiro atoms. The molecule has 0 bridgehead atoms. The fourth-order valence-electron chi connectivity index (χ4n) is 2.87. The molecule has 27 heavy (non-hydrogen) atoms. The van der Waals surface area contributed by atoms with Crippen LogP contribution in [0.3, 0.4) is 0 Å². The largest absolute Gasteiger partial charge is 0.345 e. The zero-order valence-electron chi connectivity index (χ0n) is 15.1. The normalized spacial score (nSPS) is 15.6. The van der Waals surface area contributed by atoms with Crippen molar-refractivity contribution in [3.05, 3.63) is 64.7 Å². The van der Waals surface area contributed by atoms with E-state index in [9.17, 15) is 13.2 Å². The lowest BCUT2D eigenvalue weighted by Crippen LogP contribution is -2.30. The summed E-state index contributed by atoms with van der Waals surface area (Å²) in [6, 6.07) is 13.9. The Labute approximate surface area is 164 Å². The van der Waals surface area contributed by atoms with E-state index in [0.29, 0.717) is 10.4 Å². The minimum Gasteiger partial charge on any atom is -0.345 e. The van der Waals surface area contributed by atoms with Crippen LogP contribution in [-0.4, -0.2) is 33.0 Å². The highest BCUT2D eigenvalue weighted by molar-refractivity contribution is 7.89. The predicted octanol–water partition coefficient (Wildman–Crippen LogP) is 3.40. The number of nitrogens with one attached hydrogen (secondary N) is 1. The summed E-state index contributed by atoms with van der Waals surface area (Å²) >= 11 is 6.06. The van der Waals surface area contributed by atoms with Crippen LogP contribution in [0.4, 0.5) is 0 Å². The van der Waals surface area contributed by atoms with Crippen molar-refractivity contribution in [1.82, 2.24) is 9.79 Å². The van der Waals surface area contributed by atoms with E-state index in [-0.39, 0.29) is 27.4 Å². The molecule has 144 valence electrons. The molecule has 0 saturated heterocycles. The Kier molecular flexibility index (Phi) is 5.86. The summed E-state index contributed by atoms with van der Waals surface area (Å²) in [7, 11) is -1.46. The van der Waals surface area contributed by atoms with Crippen LogP contribution in [0.1, 0.15) is 34.8 Å². The quantitative estimate of drug-likeness (QED) is 0.712. The number of carbonyl (C=O) groups excluding carboxylic acids is 1. The SMILES string of the molecule is CON(C)S(=O)(=O)c1cc(C(=O)NC(c2ccccc2)C2CC2)ccc1Cl. The molecular weight excluding hydrogens is 388 g/mol. The molecule has 3 rings (SSSR count). The minimum absolute atomic E-state index is 0.0252. The number of carbonyl (C=O) groups is 1. The second-order valence-corrected chi connectivity index (χ2v) is 8.75. The van der Waals surface area contributed by atoms with E-state index < -0.39 is 10.0 Å². The van der Waals surface area contributed by atoms with Crippen LogP contribution < -0.4 is 5.32 Å². The molecule has 1 atom stereocenters. The Bertz CT molecular complexity index is 930. The Balaban J connectivity index is 1.88. The number of benzene rings is 2. The number of halogens is 1. The van der Waals surface area contributed by atoms with E-state index >= 15 is 0 Å². The zero-order chi connectivity index (χ0) is 19.6. The van der Waals surface area contributed by atoms with Gasteiger partial charge in [-0.25, -0.2) is 8.42 Å². The van der Waals surface area contributed by atoms with Gasteiger partial charge in [-0.3, -0.25) is 9.63 Å². The highest BCUT2D eigenvalue weighted by atomic mass is 35.5. The van der Waals surface area contributed by atoms with Gasteiger partial charge in [-0.1, -0.05) is 46.4 Å². The van der Waals surface area contributed by atoms with Gasteiger partial charge in [-0.05, 0) is 42.5 Å². The topological polar surface area (TPSA) is 75.7 Å². The molecule has 1 saturated carbocycles. The Hall–Kier alpha value is -1.93. The smallest absolute Gasteiger partial charge is 0.266 e. The van der Waals surface area contributed by atoms with Gasteiger partial charge in [0.2, 0.25) is 0 Å². The molecule has 1 fully saturated rings. The minimum atomic E-state index is -3.96. The number of hydrogen-bond donors (Lipinski definition) is 1. The molecule has 0 aliphatic heterocycles. The number of amides is 1. The van der Waals surface area contributed by atoms with Crippen molar-refractivity contribution < 1.29 is 18.0 Å². The van der Waals surface area contributed by atoms with Gasteiger partial charge < -0.3 is 5.32 Å². The second-order valence-electron chi connectivity index (χ2n) is 6.44. The Morgan fingerprint density at radius 3 is 2.48 bits per heavy atom. The van der Waals surface area contributed by atoms with Crippen molar-refractivity contribution >= 4 is 27.5 Å². The van der Waals surface area contributed by atoms with Crippen molar-refractivity contribution in [3.8, 4) is 0 Å². The average Bonchev–Trinajstić information content (AvgIpc) is 3.51. The standard InChI is InChI=1S/C19H21ClN2O4S/c1-22(26-2)27(24,25)17-12-15(10-11-16(17)20)19(23)21-18(14-8-9-14)13-6-4-3-5-7-13/h3-7,10-12,14,18H,8-9H2,1-2H3,(H,21,23). The van der Waals surface area contributed by atoms with Gasteiger partial charge in [0.05, 0.1) is 18.2 Å². The molecule has 1 aliphatic carbocycles. The van der Waals surface area contributed by atoms with Crippen LogP contribution in [0, 0.1) is 5.92 Å². The van der Waals surface area contributed by atoms with E-state index in [1.807, 2.05) is 30.3 Å². The number of hydrogen-bond acceptors (Lipinski definition) is 4. The maximum absolute atomic E-state index is 12.8. The van der Waals surface area contributed by atoms with E-state index in [2.05, 4.69) is 5.32 Å². The van der Waals surface area contributed by atoms with Crippen LogP contribution in [0.2, 0.25) is 5.02 Å². The first-order valence-corrected chi connectivity index (χ1v) is 10.3. The molecular formula is C19H21ClN2O4S. The summed E-state index contributed by atoms with van der Waals surface area (Å²) in [6.07, 6.45) is 2.11. The zero-order valence-corrected chi connectivity index (χ0v) is 16.6. The molecule has 1 unspecified atom stereocenters. The third kappa shape index (κ3) is 4.32. The fraction of sp³-hybridized carbons (Fsp3) is 0.316. The van der Waals surface area contributed by atoms with Gasteiger partial charge in [0.15, 0.2) is 0 Å². The molecule has 6 nitrogen and oxygen atoms in total. The van der Waals surface area contributed by atoms with Crippen molar-refractivity contribution in [2.45, 2.75) is 23.8 Å². The van der Waals surface area contributed by atoms with Gasteiger partial charge >= 0.3 is 0 Å².